The Labute approximate surface area is 72.5 Å². The average molecular weight is 162 g/mol. The van der Waals surface area contributed by atoms with Gasteiger partial charge in [-0.25, -0.2) is 0 Å². The molecule has 5 aliphatic carbocycles. The van der Waals surface area contributed by atoms with Crippen LogP contribution < -0.4 is 0 Å². The largest absolute Gasteiger partial charge is 0.300 e. The molecule has 0 aromatic heterocycles. The molecule has 1 nitrogen and oxygen atoms in total. The van der Waals surface area contributed by atoms with Crippen LogP contribution in [0, 0.1) is 41.4 Å². The first kappa shape index (κ1) is 6.17. The van der Waals surface area contributed by atoms with Crippen LogP contribution >= 0.6 is 0 Å². The molecule has 0 aromatic rings. The summed E-state index contributed by atoms with van der Waals surface area (Å²) in [7, 11) is 0. The lowest BCUT2D eigenvalue weighted by molar-refractivity contribution is -0.122. The van der Waals surface area contributed by atoms with E-state index in [1.165, 1.54) is 12.8 Å². The van der Waals surface area contributed by atoms with Crippen LogP contribution in [0.15, 0.2) is 0 Å². The highest BCUT2D eigenvalue weighted by atomic mass is 16.1. The quantitative estimate of drug-likeness (QED) is 0.574. The number of Topliss-reactive ketones (excluding diaryl/α,β-unsaturated/α-hetero) is 1. The Kier molecular flexibility index (Phi) is 0.779. The fourth-order valence-corrected chi connectivity index (χ4v) is 5.18. The normalized spacial score (nSPS) is 68.9. The number of carbonyl (C=O) groups is 1. The Balaban J connectivity index is 1.79. The third-order valence-electron chi connectivity index (χ3n) is 5.33. The third-order valence-corrected chi connectivity index (χ3v) is 5.33. The topological polar surface area (TPSA) is 17.1 Å². The maximum atomic E-state index is 11.4. The van der Waals surface area contributed by atoms with Crippen molar-refractivity contribution in [2.24, 2.45) is 41.4 Å². The molecule has 0 spiro atoms. The van der Waals surface area contributed by atoms with Crippen molar-refractivity contribution in [1.82, 2.24) is 0 Å². The van der Waals surface area contributed by atoms with Gasteiger partial charge in [0.05, 0.1) is 0 Å². The van der Waals surface area contributed by atoms with E-state index in [2.05, 4.69) is 0 Å². The average Bonchev–Trinajstić information content (AvgIpc) is 2.45. The van der Waals surface area contributed by atoms with Crippen LogP contribution in [-0.2, 0) is 4.79 Å². The number of hydrogen-bond acceptors (Lipinski definition) is 1. The lowest BCUT2D eigenvalue weighted by Crippen LogP contribution is -2.20. The van der Waals surface area contributed by atoms with Crippen LogP contribution in [0.25, 0.3) is 0 Å². The van der Waals surface area contributed by atoms with Crippen molar-refractivity contribution in [3.05, 3.63) is 0 Å². The Hall–Kier alpha value is -0.330. The van der Waals surface area contributed by atoms with Crippen molar-refractivity contribution in [3.63, 3.8) is 0 Å². The number of rotatable bonds is 1. The van der Waals surface area contributed by atoms with Gasteiger partial charge in [-0.3, -0.25) is 4.79 Å². The molecule has 0 unspecified atom stereocenters. The van der Waals surface area contributed by atoms with Gasteiger partial charge in [0.2, 0.25) is 0 Å². The molecule has 1 heteroatoms. The van der Waals surface area contributed by atoms with Gasteiger partial charge in [0.25, 0.3) is 0 Å². The minimum absolute atomic E-state index is 0.485. The maximum Gasteiger partial charge on any atom is 0.133 e. The standard InChI is InChI=1S/C11H14O/c1-4(12)5-2-6-7-3-8-10(6)11(8)9(5)7/h5-11H,2-3H2,1H3/t5-,6-,7-,8+,9+,10+,11-/m1/s1. The van der Waals surface area contributed by atoms with E-state index in [0.29, 0.717) is 11.7 Å². The van der Waals surface area contributed by atoms with Gasteiger partial charge >= 0.3 is 0 Å². The fourth-order valence-electron chi connectivity index (χ4n) is 5.18. The van der Waals surface area contributed by atoms with E-state index in [0.717, 1.165) is 35.5 Å². The first-order valence-corrected chi connectivity index (χ1v) is 5.29. The van der Waals surface area contributed by atoms with Crippen LogP contribution in [0.1, 0.15) is 19.8 Å². The predicted octanol–water partition coefficient (Wildman–Crippen LogP) is 1.72. The zero-order valence-electron chi connectivity index (χ0n) is 7.36. The molecule has 5 rings (SSSR count). The predicted molar refractivity (Wildman–Crippen MR) is 44.3 cm³/mol. The van der Waals surface area contributed by atoms with Crippen molar-refractivity contribution in [1.29, 1.82) is 0 Å². The van der Waals surface area contributed by atoms with Crippen LogP contribution in [0.4, 0.5) is 0 Å². The highest BCUT2D eigenvalue weighted by Crippen LogP contribution is 2.82. The monoisotopic (exact) mass is 162 g/mol. The molecule has 7 atom stereocenters. The molecule has 5 fully saturated rings. The zero-order valence-corrected chi connectivity index (χ0v) is 7.36. The van der Waals surface area contributed by atoms with E-state index in [-0.39, 0.29) is 0 Å². The number of ketones is 1. The van der Waals surface area contributed by atoms with Crippen molar-refractivity contribution in [3.8, 4) is 0 Å². The minimum atomic E-state index is 0.485. The Bertz CT molecular complexity index is 283. The Morgan fingerprint density at radius 3 is 2.25 bits per heavy atom. The zero-order chi connectivity index (χ0) is 8.03. The Morgan fingerprint density at radius 2 is 1.75 bits per heavy atom. The van der Waals surface area contributed by atoms with Crippen molar-refractivity contribution in [2.45, 2.75) is 19.8 Å². The summed E-state index contributed by atoms with van der Waals surface area (Å²) in [5.41, 5.74) is 0. The molecule has 0 saturated heterocycles. The van der Waals surface area contributed by atoms with Crippen molar-refractivity contribution < 1.29 is 4.79 Å². The lowest BCUT2D eigenvalue weighted by atomic mass is 9.86. The molecule has 0 radical (unpaired) electrons. The summed E-state index contributed by atoms with van der Waals surface area (Å²) < 4.78 is 0. The van der Waals surface area contributed by atoms with Gasteiger partial charge in [-0.2, -0.15) is 0 Å². The molecule has 0 N–H and O–H groups in total. The summed E-state index contributed by atoms with van der Waals surface area (Å²) in [6.07, 6.45) is 2.76. The molecule has 0 heterocycles. The summed E-state index contributed by atoms with van der Waals surface area (Å²) in [4.78, 5) is 11.4. The lowest BCUT2D eigenvalue weighted by Gasteiger charge is -2.17. The molecule has 6 bridgehead atoms. The third kappa shape index (κ3) is 0.419. The summed E-state index contributed by atoms with van der Waals surface area (Å²) >= 11 is 0. The molecule has 12 heavy (non-hydrogen) atoms. The van der Waals surface area contributed by atoms with E-state index in [9.17, 15) is 4.79 Å². The molecule has 0 aromatic carbocycles. The van der Waals surface area contributed by atoms with Crippen LogP contribution in [-0.4, -0.2) is 5.78 Å². The fraction of sp³-hybridized carbons (Fsp3) is 0.909. The molecular weight excluding hydrogens is 148 g/mol. The summed E-state index contributed by atoms with van der Waals surface area (Å²) in [5, 5.41) is 0. The van der Waals surface area contributed by atoms with Gasteiger partial charge in [0.1, 0.15) is 5.78 Å². The van der Waals surface area contributed by atoms with E-state index in [1.54, 1.807) is 6.92 Å². The SMILES string of the molecule is CC(=O)[C@H]1C[C@@H]2[C@H]3C[C@H]4[C@H]2[C@H]4[C@H]31. The van der Waals surface area contributed by atoms with E-state index in [1.807, 2.05) is 0 Å². The first-order valence-electron chi connectivity index (χ1n) is 5.29. The smallest absolute Gasteiger partial charge is 0.133 e. The van der Waals surface area contributed by atoms with Crippen molar-refractivity contribution in [2.75, 3.05) is 0 Å². The second-order valence-corrected chi connectivity index (χ2v) is 5.41. The first-order chi connectivity index (χ1) is 5.79. The second-order valence-electron chi connectivity index (χ2n) is 5.41. The van der Waals surface area contributed by atoms with Crippen molar-refractivity contribution >= 4 is 5.78 Å². The van der Waals surface area contributed by atoms with Gasteiger partial charge in [0.15, 0.2) is 0 Å². The van der Waals surface area contributed by atoms with Gasteiger partial charge in [0, 0.05) is 5.92 Å². The van der Waals surface area contributed by atoms with Crippen LogP contribution in [0.2, 0.25) is 0 Å². The van der Waals surface area contributed by atoms with Crippen LogP contribution in [0.5, 0.6) is 0 Å². The summed E-state index contributed by atoms with van der Waals surface area (Å²) in [6.45, 7) is 1.81. The minimum Gasteiger partial charge on any atom is -0.300 e. The van der Waals surface area contributed by atoms with Gasteiger partial charge in [-0.1, -0.05) is 0 Å². The number of carbonyl (C=O) groups excluding carboxylic acids is 1. The van der Waals surface area contributed by atoms with E-state index >= 15 is 0 Å². The van der Waals surface area contributed by atoms with Crippen LogP contribution in [0.3, 0.4) is 0 Å². The van der Waals surface area contributed by atoms with Gasteiger partial charge < -0.3 is 0 Å². The molecule has 0 aliphatic heterocycles. The highest BCUT2D eigenvalue weighted by molar-refractivity contribution is 5.79. The summed E-state index contributed by atoms with van der Waals surface area (Å²) in [5.74, 6) is 7.07. The highest BCUT2D eigenvalue weighted by Gasteiger charge is 2.77. The Morgan fingerprint density at radius 1 is 1.00 bits per heavy atom. The number of hydrogen-bond donors (Lipinski definition) is 0. The van der Waals surface area contributed by atoms with E-state index < -0.39 is 0 Å². The second kappa shape index (κ2) is 1.51. The van der Waals surface area contributed by atoms with Gasteiger partial charge in [-0.05, 0) is 55.3 Å². The molecule has 5 aliphatic rings. The molecule has 0 amide bonds. The maximum absolute atomic E-state index is 11.4. The van der Waals surface area contributed by atoms with E-state index in [4.69, 9.17) is 0 Å². The summed E-state index contributed by atoms with van der Waals surface area (Å²) in [6, 6.07) is 0. The molecular formula is C11H14O. The van der Waals surface area contributed by atoms with Gasteiger partial charge in [-0.15, -0.1) is 0 Å². The molecule has 64 valence electrons. The molecule has 5 saturated carbocycles.